The van der Waals surface area contributed by atoms with Crippen LogP contribution in [-0.2, 0) is 29.1 Å². The molecule has 2 heterocycles. The van der Waals surface area contributed by atoms with Crippen LogP contribution >= 0.6 is 0 Å². The topological polar surface area (TPSA) is 88.3 Å². The first-order valence-corrected chi connectivity index (χ1v) is 8.01. The lowest BCUT2D eigenvalue weighted by molar-refractivity contribution is -0.151. The number of carbonyl (C=O) groups is 2. The predicted octanol–water partition coefficient (Wildman–Crippen LogP) is 1.47. The number of hydrogen-bond donors (Lipinski definition) is 1. The van der Waals surface area contributed by atoms with Crippen LogP contribution in [-0.4, -0.2) is 42.9 Å². The quantitative estimate of drug-likeness (QED) is 0.782. The summed E-state index contributed by atoms with van der Waals surface area (Å²) in [4.78, 5) is 25.9. The Balaban J connectivity index is 1.63. The normalized spacial score (nSPS) is 16.6. The molecule has 7 nitrogen and oxygen atoms in total. The lowest BCUT2D eigenvalue weighted by Crippen LogP contribution is -2.49. The number of para-hydroxylation sites is 1. The Bertz CT molecular complexity index is 966. The Hall–Kier alpha value is -3.22. The Morgan fingerprint density at radius 2 is 1.80 bits per heavy atom. The first kappa shape index (κ1) is 15.3. The molecule has 25 heavy (non-hydrogen) atoms. The number of rotatable bonds is 3. The van der Waals surface area contributed by atoms with Gasteiger partial charge in [0.25, 0.3) is 0 Å². The SMILES string of the molecule is O=C(O)[C@H]1Cc2ccccc2CN1C(=O)Cn1nnc2ccccc21. The van der Waals surface area contributed by atoms with Gasteiger partial charge in [-0.1, -0.05) is 41.6 Å². The van der Waals surface area contributed by atoms with Gasteiger partial charge in [0.05, 0.1) is 5.52 Å². The van der Waals surface area contributed by atoms with Gasteiger partial charge in [-0.15, -0.1) is 5.10 Å². The standard InChI is InChI=1S/C18H16N4O3/c23-17(11-22-15-8-4-3-7-14(15)19-20-22)21-10-13-6-2-1-5-12(13)9-16(21)18(24)25/h1-8,16H,9-11H2,(H,24,25)/t16-/m1/s1. The van der Waals surface area contributed by atoms with Gasteiger partial charge >= 0.3 is 5.97 Å². The summed E-state index contributed by atoms with van der Waals surface area (Å²) in [6.07, 6.45) is 0.315. The van der Waals surface area contributed by atoms with E-state index >= 15 is 0 Å². The molecule has 0 unspecified atom stereocenters. The van der Waals surface area contributed by atoms with E-state index in [0.717, 1.165) is 16.6 Å². The fraction of sp³-hybridized carbons (Fsp3) is 0.222. The molecule has 1 atom stereocenters. The molecule has 7 heteroatoms. The summed E-state index contributed by atoms with van der Waals surface area (Å²) in [5.41, 5.74) is 3.41. The van der Waals surface area contributed by atoms with Gasteiger partial charge in [-0.05, 0) is 23.3 Å². The zero-order valence-electron chi connectivity index (χ0n) is 13.4. The zero-order valence-corrected chi connectivity index (χ0v) is 13.4. The highest BCUT2D eigenvalue weighted by Crippen LogP contribution is 2.24. The molecule has 0 radical (unpaired) electrons. The van der Waals surface area contributed by atoms with Crippen LogP contribution in [0.15, 0.2) is 48.5 Å². The fourth-order valence-electron chi connectivity index (χ4n) is 3.26. The third-order valence-electron chi connectivity index (χ3n) is 4.56. The monoisotopic (exact) mass is 336 g/mol. The molecule has 1 amide bonds. The molecule has 0 saturated carbocycles. The van der Waals surface area contributed by atoms with Gasteiger partial charge in [0.2, 0.25) is 5.91 Å². The number of hydrogen-bond acceptors (Lipinski definition) is 4. The van der Waals surface area contributed by atoms with Crippen LogP contribution < -0.4 is 0 Å². The average molecular weight is 336 g/mol. The molecule has 126 valence electrons. The summed E-state index contributed by atoms with van der Waals surface area (Å²) < 4.78 is 1.51. The first-order valence-electron chi connectivity index (χ1n) is 8.01. The minimum Gasteiger partial charge on any atom is -0.480 e. The van der Waals surface area contributed by atoms with E-state index in [9.17, 15) is 14.7 Å². The van der Waals surface area contributed by atoms with E-state index in [1.54, 1.807) is 0 Å². The molecule has 1 aliphatic heterocycles. The molecule has 0 aliphatic carbocycles. The van der Waals surface area contributed by atoms with Crippen molar-refractivity contribution in [3.8, 4) is 0 Å². The van der Waals surface area contributed by atoms with E-state index in [2.05, 4.69) is 10.3 Å². The molecule has 3 aromatic rings. The second-order valence-corrected chi connectivity index (χ2v) is 6.08. The average Bonchev–Trinajstić information content (AvgIpc) is 3.03. The van der Waals surface area contributed by atoms with Crippen molar-refractivity contribution in [1.82, 2.24) is 19.9 Å². The van der Waals surface area contributed by atoms with Crippen molar-refractivity contribution in [2.24, 2.45) is 0 Å². The number of carboxylic acid groups (broad SMARTS) is 1. The van der Waals surface area contributed by atoms with Crippen molar-refractivity contribution in [3.05, 3.63) is 59.7 Å². The van der Waals surface area contributed by atoms with Crippen LogP contribution in [0.2, 0.25) is 0 Å². The third kappa shape index (κ3) is 2.73. The molecule has 0 bridgehead atoms. The summed E-state index contributed by atoms with van der Waals surface area (Å²) in [7, 11) is 0. The largest absolute Gasteiger partial charge is 0.480 e. The number of aromatic nitrogens is 3. The summed E-state index contributed by atoms with van der Waals surface area (Å²) in [5.74, 6) is -1.27. The molecule has 2 aromatic carbocycles. The number of amides is 1. The highest BCUT2D eigenvalue weighted by molar-refractivity contribution is 5.85. The lowest BCUT2D eigenvalue weighted by Gasteiger charge is -2.34. The summed E-state index contributed by atoms with van der Waals surface area (Å²) >= 11 is 0. The Kier molecular flexibility index (Phi) is 3.68. The highest BCUT2D eigenvalue weighted by atomic mass is 16.4. The van der Waals surface area contributed by atoms with Gasteiger partial charge < -0.3 is 10.0 Å². The van der Waals surface area contributed by atoms with E-state index in [4.69, 9.17) is 0 Å². The van der Waals surface area contributed by atoms with Crippen LogP contribution in [0.4, 0.5) is 0 Å². The van der Waals surface area contributed by atoms with Gasteiger partial charge in [0, 0.05) is 13.0 Å². The van der Waals surface area contributed by atoms with Gasteiger partial charge in [-0.3, -0.25) is 4.79 Å². The van der Waals surface area contributed by atoms with E-state index in [1.165, 1.54) is 9.58 Å². The van der Waals surface area contributed by atoms with Gasteiger partial charge in [-0.25, -0.2) is 9.48 Å². The molecular weight excluding hydrogens is 320 g/mol. The van der Waals surface area contributed by atoms with Gasteiger partial charge in [-0.2, -0.15) is 0 Å². The third-order valence-corrected chi connectivity index (χ3v) is 4.56. The van der Waals surface area contributed by atoms with E-state index in [1.807, 2.05) is 48.5 Å². The number of fused-ring (bicyclic) bond motifs is 2. The summed E-state index contributed by atoms with van der Waals surface area (Å²) in [6.45, 7) is 0.255. The number of carboxylic acids is 1. The van der Waals surface area contributed by atoms with Crippen molar-refractivity contribution in [3.63, 3.8) is 0 Å². The number of nitrogens with zero attached hydrogens (tertiary/aromatic N) is 4. The Labute approximate surface area is 143 Å². The minimum atomic E-state index is -0.994. The smallest absolute Gasteiger partial charge is 0.326 e. The molecule has 4 rings (SSSR count). The van der Waals surface area contributed by atoms with E-state index < -0.39 is 12.0 Å². The van der Waals surface area contributed by atoms with Crippen LogP contribution in [0, 0.1) is 0 Å². The number of aliphatic carboxylic acids is 1. The Morgan fingerprint density at radius 3 is 2.60 bits per heavy atom. The van der Waals surface area contributed by atoms with Crippen molar-refractivity contribution < 1.29 is 14.7 Å². The van der Waals surface area contributed by atoms with Crippen LogP contribution in [0.25, 0.3) is 11.0 Å². The summed E-state index contributed by atoms with van der Waals surface area (Å²) in [6, 6.07) is 14.1. The molecule has 0 spiro atoms. The van der Waals surface area contributed by atoms with Crippen LogP contribution in [0.1, 0.15) is 11.1 Å². The van der Waals surface area contributed by atoms with Crippen molar-refractivity contribution in [2.75, 3.05) is 0 Å². The maximum absolute atomic E-state index is 12.8. The lowest BCUT2D eigenvalue weighted by atomic mass is 9.94. The second-order valence-electron chi connectivity index (χ2n) is 6.08. The number of benzene rings is 2. The van der Waals surface area contributed by atoms with Crippen LogP contribution in [0.3, 0.4) is 0 Å². The van der Waals surface area contributed by atoms with Crippen molar-refractivity contribution in [2.45, 2.75) is 25.6 Å². The summed E-state index contributed by atoms with van der Waals surface area (Å²) in [5, 5.41) is 17.6. The fourth-order valence-corrected chi connectivity index (χ4v) is 3.26. The highest BCUT2D eigenvalue weighted by Gasteiger charge is 2.34. The molecule has 1 aromatic heterocycles. The van der Waals surface area contributed by atoms with Crippen molar-refractivity contribution in [1.29, 1.82) is 0 Å². The molecule has 1 aliphatic rings. The second kappa shape index (κ2) is 6.01. The predicted molar refractivity (Wildman–Crippen MR) is 89.6 cm³/mol. The first-order chi connectivity index (χ1) is 12.1. The Morgan fingerprint density at radius 1 is 1.08 bits per heavy atom. The number of carbonyl (C=O) groups excluding carboxylic acids is 1. The maximum Gasteiger partial charge on any atom is 0.326 e. The van der Waals surface area contributed by atoms with Crippen LogP contribution in [0.5, 0.6) is 0 Å². The van der Waals surface area contributed by atoms with E-state index in [-0.39, 0.29) is 12.5 Å². The minimum absolute atomic E-state index is 0.0353. The zero-order chi connectivity index (χ0) is 17.4. The van der Waals surface area contributed by atoms with Gasteiger partial charge in [0.15, 0.2) is 0 Å². The molecule has 1 N–H and O–H groups in total. The van der Waals surface area contributed by atoms with E-state index in [0.29, 0.717) is 18.5 Å². The molecular formula is C18H16N4O3. The molecule has 0 saturated heterocycles. The van der Waals surface area contributed by atoms with Gasteiger partial charge in [0.1, 0.15) is 18.1 Å². The maximum atomic E-state index is 12.8. The molecule has 0 fully saturated rings. The van der Waals surface area contributed by atoms with Crippen molar-refractivity contribution >= 4 is 22.9 Å².